The molecule has 0 unspecified atom stereocenters. The standard InChI is InChI=1S/C16H16F2N2.ClH/c1-2-3-10-4-6-11(7-5-10)12-8-9-13(16(19)20)15(18)14(12)17;/h4-9H,2-3H2,1H3,(H3,19,20);1H. The van der Waals surface area contributed by atoms with Crippen LogP contribution in [0.2, 0.25) is 0 Å². The Balaban J connectivity index is 0.00000220. The highest BCUT2D eigenvalue weighted by molar-refractivity contribution is 5.95. The van der Waals surface area contributed by atoms with Crippen molar-refractivity contribution in [1.29, 1.82) is 5.41 Å². The molecule has 0 spiro atoms. The molecule has 0 saturated heterocycles. The molecule has 0 atom stereocenters. The zero-order chi connectivity index (χ0) is 14.7. The first-order valence-corrected chi connectivity index (χ1v) is 6.46. The van der Waals surface area contributed by atoms with E-state index in [1.54, 1.807) is 12.1 Å². The third kappa shape index (κ3) is 3.58. The van der Waals surface area contributed by atoms with E-state index in [1.165, 1.54) is 12.1 Å². The zero-order valence-electron chi connectivity index (χ0n) is 11.6. The Hall–Kier alpha value is -1.94. The Morgan fingerprint density at radius 2 is 1.67 bits per heavy atom. The predicted molar refractivity (Wildman–Crippen MR) is 84.1 cm³/mol. The topological polar surface area (TPSA) is 49.9 Å². The van der Waals surface area contributed by atoms with Crippen molar-refractivity contribution >= 4 is 18.2 Å². The number of aryl methyl sites for hydroxylation is 1. The van der Waals surface area contributed by atoms with Crippen LogP contribution in [0.4, 0.5) is 8.78 Å². The van der Waals surface area contributed by atoms with E-state index < -0.39 is 17.5 Å². The average molecular weight is 311 g/mol. The second-order valence-corrected chi connectivity index (χ2v) is 4.65. The smallest absolute Gasteiger partial charge is 0.170 e. The van der Waals surface area contributed by atoms with E-state index in [-0.39, 0.29) is 23.5 Å². The van der Waals surface area contributed by atoms with Gasteiger partial charge >= 0.3 is 0 Å². The van der Waals surface area contributed by atoms with E-state index in [2.05, 4.69) is 6.92 Å². The molecule has 0 aliphatic heterocycles. The van der Waals surface area contributed by atoms with Gasteiger partial charge in [0.05, 0.1) is 5.56 Å². The van der Waals surface area contributed by atoms with Gasteiger partial charge in [0.15, 0.2) is 11.6 Å². The van der Waals surface area contributed by atoms with Crippen molar-refractivity contribution < 1.29 is 8.78 Å². The van der Waals surface area contributed by atoms with Gasteiger partial charge in [0, 0.05) is 5.56 Å². The summed E-state index contributed by atoms with van der Waals surface area (Å²) in [6, 6.07) is 10.1. The lowest BCUT2D eigenvalue weighted by Gasteiger charge is -2.08. The van der Waals surface area contributed by atoms with Gasteiger partial charge in [-0.15, -0.1) is 12.4 Å². The molecule has 0 aromatic heterocycles. The first-order valence-electron chi connectivity index (χ1n) is 6.46. The molecule has 0 fully saturated rings. The summed E-state index contributed by atoms with van der Waals surface area (Å²) in [4.78, 5) is 0. The van der Waals surface area contributed by atoms with E-state index in [9.17, 15) is 8.78 Å². The van der Waals surface area contributed by atoms with Crippen molar-refractivity contribution in [1.82, 2.24) is 0 Å². The molecule has 0 bridgehead atoms. The molecule has 0 amide bonds. The number of rotatable bonds is 4. The molecule has 2 aromatic rings. The molecule has 5 heteroatoms. The minimum absolute atomic E-state index is 0. The lowest BCUT2D eigenvalue weighted by atomic mass is 10.00. The number of benzene rings is 2. The van der Waals surface area contributed by atoms with Crippen LogP contribution in [-0.4, -0.2) is 5.84 Å². The van der Waals surface area contributed by atoms with Gasteiger partial charge in [0.1, 0.15) is 5.84 Å². The minimum Gasteiger partial charge on any atom is -0.384 e. The maximum absolute atomic E-state index is 14.0. The average Bonchev–Trinajstić information content (AvgIpc) is 2.43. The van der Waals surface area contributed by atoms with Gasteiger partial charge in [-0.1, -0.05) is 43.7 Å². The summed E-state index contributed by atoms with van der Waals surface area (Å²) >= 11 is 0. The second-order valence-electron chi connectivity index (χ2n) is 4.65. The molecular formula is C16H17ClF2N2. The van der Waals surface area contributed by atoms with E-state index in [0.29, 0.717) is 5.56 Å². The van der Waals surface area contributed by atoms with Crippen LogP contribution in [0.1, 0.15) is 24.5 Å². The van der Waals surface area contributed by atoms with Gasteiger partial charge in [-0.05, 0) is 23.6 Å². The molecule has 0 aliphatic rings. The van der Waals surface area contributed by atoms with Gasteiger partial charge in [-0.3, -0.25) is 5.41 Å². The van der Waals surface area contributed by atoms with Gasteiger partial charge in [0.2, 0.25) is 0 Å². The summed E-state index contributed by atoms with van der Waals surface area (Å²) in [7, 11) is 0. The Labute approximate surface area is 128 Å². The number of nitrogen functional groups attached to an aromatic ring is 1. The molecule has 0 radical (unpaired) electrons. The van der Waals surface area contributed by atoms with E-state index in [4.69, 9.17) is 11.1 Å². The van der Waals surface area contributed by atoms with Crippen molar-refractivity contribution in [2.45, 2.75) is 19.8 Å². The van der Waals surface area contributed by atoms with Crippen LogP contribution >= 0.6 is 12.4 Å². The minimum atomic E-state index is -1.08. The Morgan fingerprint density at radius 3 is 2.19 bits per heavy atom. The Kier molecular flexibility index (Phi) is 5.85. The number of amidine groups is 1. The van der Waals surface area contributed by atoms with Crippen LogP contribution < -0.4 is 5.73 Å². The largest absolute Gasteiger partial charge is 0.384 e. The lowest BCUT2D eigenvalue weighted by Crippen LogP contribution is -2.14. The molecule has 2 aromatic carbocycles. The fraction of sp³-hybridized carbons (Fsp3) is 0.188. The van der Waals surface area contributed by atoms with Crippen molar-refractivity contribution in [2.75, 3.05) is 0 Å². The first-order chi connectivity index (χ1) is 9.54. The second kappa shape index (κ2) is 7.18. The zero-order valence-corrected chi connectivity index (χ0v) is 12.4. The summed E-state index contributed by atoms with van der Waals surface area (Å²) in [5.41, 5.74) is 6.94. The summed E-state index contributed by atoms with van der Waals surface area (Å²) < 4.78 is 27.8. The monoisotopic (exact) mass is 310 g/mol. The molecule has 112 valence electrons. The van der Waals surface area contributed by atoms with E-state index in [0.717, 1.165) is 18.4 Å². The lowest BCUT2D eigenvalue weighted by molar-refractivity contribution is 0.509. The van der Waals surface area contributed by atoms with Crippen LogP contribution in [0, 0.1) is 17.0 Å². The van der Waals surface area contributed by atoms with Crippen LogP contribution in [0.25, 0.3) is 11.1 Å². The molecule has 2 nitrogen and oxygen atoms in total. The normalized spacial score (nSPS) is 10.0. The first kappa shape index (κ1) is 17.1. The highest BCUT2D eigenvalue weighted by Gasteiger charge is 2.16. The molecule has 0 aliphatic carbocycles. The fourth-order valence-electron chi connectivity index (χ4n) is 2.12. The number of hydrogen-bond donors (Lipinski definition) is 2. The maximum Gasteiger partial charge on any atom is 0.170 e. The van der Waals surface area contributed by atoms with Crippen molar-refractivity contribution in [3.8, 4) is 11.1 Å². The fourth-order valence-corrected chi connectivity index (χ4v) is 2.12. The molecule has 21 heavy (non-hydrogen) atoms. The summed E-state index contributed by atoms with van der Waals surface area (Å²) in [5, 5.41) is 7.19. The molecule has 2 rings (SSSR count). The summed E-state index contributed by atoms with van der Waals surface area (Å²) in [6.45, 7) is 2.09. The van der Waals surface area contributed by atoms with Gasteiger partial charge in [-0.2, -0.15) is 0 Å². The Bertz CT molecular complexity index is 639. The highest BCUT2D eigenvalue weighted by Crippen LogP contribution is 2.26. The van der Waals surface area contributed by atoms with Gasteiger partial charge in [0.25, 0.3) is 0 Å². The third-order valence-corrected chi connectivity index (χ3v) is 3.18. The number of halogens is 3. The van der Waals surface area contributed by atoms with E-state index in [1.807, 2.05) is 12.1 Å². The SMILES string of the molecule is CCCc1ccc(-c2ccc(C(=N)N)c(F)c2F)cc1.Cl. The number of nitrogens with two attached hydrogens (primary N) is 1. The van der Waals surface area contributed by atoms with Gasteiger partial charge < -0.3 is 5.73 Å². The van der Waals surface area contributed by atoms with Crippen molar-refractivity contribution in [3.05, 3.63) is 59.2 Å². The van der Waals surface area contributed by atoms with Crippen molar-refractivity contribution in [3.63, 3.8) is 0 Å². The molecule has 0 saturated carbocycles. The van der Waals surface area contributed by atoms with Crippen LogP contribution in [0.3, 0.4) is 0 Å². The summed E-state index contributed by atoms with van der Waals surface area (Å²) in [5.74, 6) is -2.53. The maximum atomic E-state index is 14.0. The molecule has 0 heterocycles. The summed E-state index contributed by atoms with van der Waals surface area (Å²) in [6.07, 6.45) is 2.00. The van der Waals surface area contributed by atoms with Crippen LogP contribution in [0.5, 0.6) is 0 Å². The Morgan fingerprint density at radius 1 is 1.05 bits per heavy atom. The highest BCUT2D eigenvalue weighted by atomic mass is 35.5. The van der Waals surface area contributed by atoms with E-state index >= 15 is 0 Å². The van der Waals surface area contributed by atoms with Crippen LogP contribution in [0.15, 0.2) is 36.4 Å². The predicted octanol–water partition coefficient (Wildman–Crippen LogP) is 4.29. The van der Waals surface area contributed by atoms with Gasteiger partial charge in [-0.25, -0.2) is 8.78 Å². The van der Waals surface area contributed by atoms with Crippen LogP contribution in [-0.2, 0) is 6.42 Å². The number of nitrogens with one attached hydrogen (secondary N) is 1. The third-order valence-electron chi connectivity index (χ3n) is 3.18. The molecular weight excluding hydrogens is 294 g/mol. The number of hydrogen-bond acceptors (Lipinski definition) is 1. The quantitative estimate of drug-likeness (QED) is 0.642. The molecule has 3 N–H and O–H groups in total. The van der Waals surface area contributed by atoms with Crippen molar-refractivity contribution in [2.24, 2.45) is 5.73 Å².